The summed E-state index contributed by atoms with van der Waals surface area (Å²) in [6.07, 6.45) is 7.07. The van der Waals surface area contributed by atoms with Crippen molar-refractivity contribution in [2.45, 2.75) is 0 Å². The van der Waals surface area contributed by atoms with E-state index in [0.29, 0.717) is 5.57 Å². The van der Waals surface area contributed by atoms with Crippen LogP contribution in [0.15, 0.2) is 28.7 Å². The standard InChI is InChI=1S/C7H9N2O2S/c8-5-6-2-1-3-7(4-6)12(9,10)11/h1,3-4H,5,8H2,(H2,9,10,11)/q+1. The van der Waals surface area contributed by atoms with Gasteiger partial charge in [-0.2, -0.15) is 0 Å². The van der Waals surface area contributed by atoms with Crippen molar-refractivity contribution in [3.8, 4) is 0 Å². The van der Waals surface area contributed by atoms with E-state index in [1.54, 1.807) is 0 Å². The molecule has 1 aliphatic carbocycles. The zero-order chi connectivity index (χ0) is 9.19. The summed E-state index contributed by atoms with van der Waals surface area (Å²) in [5.41, 5.74) is 5.92. The Bertz CT molecular complexity index is 363. The lowest BCUT2D eigenvalue weighted by Crippen LogP contribution is -2.15. The van der Waals surface area contributed by atoms with Crippen LogP contribution in [0.5, 0.6) is 0 Å². The van der Waals surface area contributed by atoms with Crippen molar-refractivity contribution in [3.63, 3.8) is 0 Å². The summed E-state index contributed by atoms with van der Waals surface area (Å²) >= 11 is 0. The summed E-state index contributed by atoms with van der Waals surface area (Å²) in [7, 11) is -3.61. The maximum atomic E-state index is 10.8. The molecule has 0 heterocycles. The highest BCUT2D eigenvalue weighted by atomic mass is 32.2. The van der Waals surface area contributed by atoms with Crippen LogP contribution in [0.1, 0.15) is 0 Å². The fraction of sp³-hybridized carbons (Fsp3) is 0.143. The van der Waals surface area contributed by atoms with Gasteiger partial charge in [0.2, 0.25) is 0 Å². The number of primary sulfonamides is 1. The van der Waals surface area contributed by atoms with E-state index in [9.17, 15) is 8.42 Å². The van der Waals surface area contributed by atoms with Gasteiger partial charge in [0.05, 0.1) is 18.7 Å². The zero-order valence-electron chi connectivity index (χ0n) is 6.32. The van der Waals surface area contributed by atoms with Crippen molar-refractivity contribution in [2.24, 2.45) is 10.9 Å². The van der Waals surface area contributed by atoms with Gasteiger partial charge in [0.25, 0.3) is 10.0 Å². The Morgan fingerprint density at radius 1 is 1.50 bits per heavy atom. The third-order valence-corrected chi connectivity index (χ3v) is 2.29. The number of hydrogen-bond donors (Lipinski definition) is 2. The van der Waals surface area contributed by atoms with Gasteiger partial charge in [-0.15, -0.1) is 0 Å². The van der Waals surface area contributed by atoms with E-state index in [1.165, 1.54) is 18.2 Å². The molecule has 64 valence electrons. The molecule has 0 saturated carbocycles. The Labute approximate surface area is 71.3 Å². The molecule has 0 amide bonds. The molecule has 4 N–H and O–H groups in total. The molecular formula is C7H9N2O2S+. The molecule has 0 unspecified atom stereocenters. The van der Waals surface area contributed by atoms with Gasteiger partial charge in [-0.05, 0) is 0 Å². The minimum absolute atomic E-state index is 0.0710. The minimum Gasteiger partial charge on any atom is -0.324 e. The smallest absolute Gasteiger partial charge is 0.263 e. The van der Waals surface area contributed by atoms with E-state index < -0.39 is 10.0 Å². The van der Waals surface area contributed by atoms with Crippen LogP contribution in [0.4, 0.5) is 0 Å². The molecule has 0 bridgehead atoms. The van der Waals surface area contributed by atoms with E-state index >= 15 is 0 Å². The number of nitrogens with two attached hydrogens (primary N) is 2. The second-order valence-corrected chi connectivity index (χ2v) is 3.86. The molecule has 0 fully saturated rings. The summed E-state index contributed by atoms with van der Waals surface area (Å²) in [4.78, 5) is 0.0710. The fourth-order valence-corrected chi connectivity index (χ4v) is 1.35. The van der Waals surface area contributed by atoms with Crippen LogP contribution in [-0.4, -0.2) is 15.0 Å². The number of sulfonamides is 1. The van der Waals surface area contributed by atoms with Gasteiger partial charge in [0.1, 0.15) is 11.6 Å². The van der Waals surface area contributed by atoms with Crippen LogP contribution in [0, 0.1) is 6.08 Å². The summed E-state index contributed by atoms with van der Waals surface area (Å²) in [6.45, 7) is 0.253. The van der Waals surface area contributed by atoms with Gasteiger partial charge in [-0.3, -0.25) is 0 Å². The molecule has 5 heteroatoms. The highest BCUT2D eigenvalue weighted by molar-refractivity contribution is 7.93. The monoisotopic (exact) mass is 185 g/mol. The molecule has 0 aliphatic heterocycles. The van der Waals surface area contributed by atoms with Crippen LogP contribution in [-0.2, 0) is 10.0 Å². The normalized spacial score (nSPS) is 16.5. The molecule has 0 atom stereocenters. The van der Waals surface area contributed by atoms with Crippen LogP contribution in [0.2, 0.25) is 0 Å². The van der Waals surface area contributed by atoms with E-state index in [-0.39, 0.29) is 11.4 Å². The summed E-state index contributed by atoms with van der Waals surface area (Å²) in [5, 5.41) is 4.90. The van der Waals surface area contributed by atoms with Gasteiger partial charge < -0.3 is 5.73 Å². The Morgan fingerprint density at radius 2 is 2.17 bits per heavy atom. The van der Waals surface area contributed by atoms with E-state index in [0.717, 1.165) is 0 Å². The molecule has 1 rings (SSSR count). The Balaban J connectivity index is 3.07. The first kappa shape index (κ1) is 9.09. The Hall–Kier alpha value is -1.00. The molecule has 0 saturated heterocycles. The highest BCUT2D eigenvalue weighted by Crippen LogP contribution is 2.12. The first-order valence-electron chi connectivity index (χ1n) is 3.27. The second-order valence-electron chi connectivity index (χ2n) is 2.30. The number of hydrogen-bond acceptors (Lipinski definition) is 3. The lowest BCUT2D eigenvalue weighted by atomic mass is 10.1. The molecule has 1 aliphatic rings. The second kappa shape index (κ2) is 3.16. The third-order valence-electron chi connectivity index (χ3n) is 1.38. The average molecular weight is 185 g/mol. The van der Waals surface area contributed by atoms with Gasteiger partial charge in [0.15, 0.2) is 4.91 Å². The first-order chi connectivity index (χ1) is 5.54. The van der Waals surface area contributed by atoms with Crippen molar-refractivity contribution < 1.29 is 8.42 Å². The largest absolute Gasteiger partial charge is 0.324 e. The van der Waals surface area contributed by atoms with Crippen molar-refractivity contribution in [2.75, 3.05) is 6.54 Å². The topological polar surface area (TPSA) is 86.2 Å². The maximum absolute atomic E-state index is 10.8. The lowest BCUT2D eigenvalue weighted by Gasteiger charge is -1.95. The SMILES string of the molecule is NCC1=[C+]C=CC(S(N)(=O)=O)=C1. The quantitative estimate of drug-likeness (QED) is 0.564. The highest BCUT2D eigenvalue weighted by Gasteiger charge is 2.18. The average Bonchev–Trinajstić information content (AvgIpc) is 2.03. The van der Waals surface area contributed by atoms with Crippen molar-refractivity contribution >= 4 is 10.0 Å². The van der Waals surface area contributed by atoms with E-state index in [4.69, 9.17) is 10.9 Å². The fourth-order valence-electron chi connectivity index (χ4n) is 0.787. The number of allylic oxidation sites excluding steroid dienone is 3. The third kappa shape index (κ3) is 1.99. The van der Waals surface area contributed by atoms with Crippen molar-refractivity contribution in [1.82, 2.24) is 0 Å². The molecule has 0 aromatic carbocycles. The first-order valence-corrected chi connectivity index (χ1v) is 4.82. The van der Waals surface area contributed by atoms with Crippen LogP contribution < -0.4 is 10.9 Å². The molecule has 0 aromatic rings. The Kier molecular flexibility index (Phi) is 2.40. The summed E-state index contributed by atoms with van der Waals surface area (Å²) in [5.74, 6) is 0. The summed E-state index contributed by atoms with van der Waals surface area (Å²) < 4.78 is 21.6. The zero-order valence-corrected chi connectivity index (χ0v) is 7.14. The molecular weight excluding hydrogens is 176 g/mol. The lowest BCUT2D eigenvalue weighted by molar-refractivity contribution is 0.604. The van der Waals surface area contributed by atoms with Crippen molar-refractivity contribution in [1.29, 1.82) is 0 Å². The van der Waals surface area contributed by atoms with Gasteiger partial charge in [-0.25, -0.2) is 13.6 Å². The Morgan fingerprint density at radius 3 is 2.67 bits per heavy atom. The predicted molar refractivity (Wildman–Crippen MR) is 46.1 cm³/mol. The van der Waals surface area contributed by atoms with Crippen molar-refractivity contribution in [3.05, 3.63) is 34.8 Å². The van der Waals surface area contributed by atoms with Crippen LogP contribution in [0.3, 0.4) is 0 Å². The molecule has 0 radical (unpaired) electrons. The van der Waals surface area contributed by atoms with E-state index in [2.05, 4.69) is 6.08 Å². The van der Waals surface area contributed by atoms with Crippen LogP contribution in [0.25, 0.3) is 0 Å². The maximum Gasteiger partial charge on any atom is 0.263 e. The number of rotatable bonds is 2. The minimum atomic E-state index is -3.61. The molecule has 0 aromatic heterocycles. The predicted octanol–water partition coefficient (Wildman–Crippen LogP) is -0.583. The molecule has 0 spiro atoms. The van der Waals surface area contributed by atoms with Gasteiger partial charge in [0, 0.05) is 6.08 Å². The van der Waals surface area contributed by atoms with Gasteiger partial charge in [-0.1, -0.05) is 0 Å². The van der Waals surface area contributed by atoms with Crippen LogP contribution >= 0.6 is 0 Å². The van der Waals surface area contributed by atoms with Gasteiger partial charge >= 0.3 is 0 Å². The van der Waals surface area contributed by atoms with E-state index in [1.807, 2.05) is 0 Å². The molecule has 12 heavy (non-hydrogen) atoms. The molecule has 4 nitrogen and oxygen atoms in total. The summed E-state index contributed by atoms with van der Waals surface area (Å²) in [6, 6.07) is 0.